The molecule has 0 aromatic carbocycles. The Morgan fingerprint density at radius 1 is 1.35 bits per heavy atom. The molecule has 0 N–H and O–H groups in total. The van der Waals surface area contributed by atoms with Gasteiger partial charge in [0.15, 0.2) is 0 Å². The van der Waals surface area contributed by atoms with Crippen LogP contribution in [0.25, 0.3) is 0 Å². The zero-order valence-electron chi connectivity index (χ0n) is 10.8. The molecule has 0 aliphatic carbocycles. The van der Waals surface area contributed by atoms with Gasteiger partial charge in [0, 0.05) is 20.1 Å². The van der Waals surface area contributed by atoms with E-state index in [-0.39, 0.29) is 0 Å². The van der Waals surface area contributed by atoms with Gasteiger partial charge in [-0.3, -0.25) is 4.79 Å². The van der Waals surface area contributed by atoms with E-state index in [0.29, 0.717) is 25.9 Å². The van der Waals surface area contributed by atoms with Crippen LogP contribution in [0.2, 0.25) is 0 Å². The van der Waals surface area contributed by atoms with Crippen LogP contribution in [0, 0.1) is 0 Å². The Bertz CT molecular complexity index is 385. The highest BCUT2D eigenvalue weighted by atomic mass is 32.2. The van der Waals surface area contributed by atoms with Gasteiger partial charge in [0.1, 0.15) is 5.54 Å². The summed E-state index contributed by atoms with van der Waals surface area (Å²) >= 11 is 0. The molecule has 0 saturated carbocycles. The van der Waals surface area contributed by atoms with Gasteiger partial charge in [-0.2, -0.15) is 4.31 Å². The van der Waals surface area contributed by atoms with Crippen molar-refractivity contribution >= 4 is 16.0 Å². The van der Waals surface area contributed by atoms with Crippen molar-refractivity contribution in [3.8, 4) is 0 Å². The highest BCUT2D eigenvalue weighted by Crippen LogP contribution is 2.30. The number of likely N-dealkylation sites (N-methyl/N-ethyl adjacent to an activating group) is 1. The molecule has 0 aromatic heterocycles. The van der Waals surface area contributed by atoms with Crippen molar-refractivity contribution in [3.63, 3.8) is 0 Å². The van der Waals surface area contributed by atoms with Crippen molar-refractivity contribution in [2.45, 2.75) is 18.4 Å². The van der Waals surface area contributed by atoms with Gasteiger partial charge in [-0.15, -0.1) is 0 Å². The molecule has 6 nitrogen and oxygen atoms in total. The van der Waals surface area contributed by atoms with Crippen LogP contribution in [-0.4, -0.2) is 69.7 Å². The van der Waals surface area contributed by atoms with Gasteiger partial charge in [-0.25, -0.2) is 8.42 Å². The molecule has 100 valence electrons. The molecular weight excluding hydrogens is 244 g/mol. The smallest absolute Gasteiger partial charge is 0.327 e. The molecule has 1 aliphatic rings. The minimum absolute atomic E-state index is 0.458. The lowest BCUT2D eigenvalue weighted by atomic mass is 9.88. The maximum atomic E-state index is 11.9. The van der Waals surface area contributed by atoms with Crippen LogP contribution in [0.5, 0.6) is 0 Å². The highest BCUT2D eigenvalue weighted by Gasteiger charge is 2.48. The lowest BCUT2D eigenvalue weighted by Gasteiger charge is -2.42. The van der Waals surface area contributed by atoms with Crippen molar-refractivity contribution in [2.24, 2.45) is 0 Å². The van der Waals surface area contributed by atoms with E-state index >= 15 is 0 Å². The standard InChI is InChI=1S/C10H20N2O4S/c1-11-7-5-10(6-8-11,9(13)16-3)12(2)17(4,14)15/h5-8H2,1-4H3. The molecule has 0 spiro atoms. The van der Waals surface area contributed by atoms with Crippen LogP contribution in [0.3, 0.4) is 0 Å². The third-order valence-corrected chi connectivity index (χ3v) is 4.82. The normalized spacial score (nSPS) is 21.5. The average Bonchev–Trinajstić information content (AvgIpc) is 2.27. The fourth-order valence-electron chi connectivity index (χ4n) is 2.14. The number of hydrogen-bond acceptors (Lipinski definition) is 5. The van der Waals surface area contributed by atoms with Crippen LogP contribution >= 0.6 is 0 Å². The molecule has 0 aromatic rings. The predicted octanol–water partition coefficient (Wildman–Crippen LogP) is -0.485. The van der Waals surface area contributed by atoms with Crippen molar-refractivity contribution in [1.29, 1.82) is 0 Å². The Hall–Kier alpha value is -0.660. The molecule has 0 radical (unpaired) electrons. The number of carbonyl (C=O) groups is 1. The molecule has 0 bridgehead atoms. The largest absolute Gasteiger partial charge is 0.468 e. The number of nitrogens with zero attached hydrogens (tertiary/aromatic N) is 2. The molecule has 0 atom stereocenters. The number of rotatable bonds is 3. The molecule has 1 fully saturated rings. The second kappa shape index (κ2) is 4.91. The summed E-state index contributed by atoms with van der Waals surface area (Å²) in [5, 5.41) is 0. The topological polar surface area (TPSA) is 66.9 Å². The van der Waals surface area contributed by atoms with Gasteiger partial charge in [-0.1, -0.05) is 0 Å². The second-order valence-corrected chi connectivity index (χ2v) is 6.57. The number of likely N-dealkylation sites (tertiary alicyclic amines) is 1. The van der Waals surface area contributed by atoms with Crippen LogP contribution < -0.4 is 0 Å². The summed E-state index contributed by atoms with van der Waals surface area (Å²) < 4.78 is 29.2. The van der Waals surface area contributed by atoms with Crippen LogP contribution in [0.1, 0.15) is 12.8 Å². The van der Waals surface area contributed by atoms with Gasteiger partial charge < -0.3 is 9.64 Å². The van der Waals surface area contributed by atoms with E-state index in [1.165, 1.54) is 14.2 Å². The van der Waals surface area contributed by atoms with Gasteiger partial charge in [-0.05, 0) is 19.9 Å². The number of piperidine rings is 1. The summed E-state index contributed by atoms with van der Waals surface area (Å²) in [7, 11) is 1.26. The number of esters is 1. The minimum Gasteiger partial charge on any atom is -0.468 e. The quantitative estimate of drug-likeness (QED) is 0.644. The van der Waals surface area contributed by atoms with E-state index in [1.54, 1.807) is 0 Å². The first kappa shape index (κ1) is 14.4. The molecular formula is C10H20N2O4S. The maximum absolute atomic E-state index is 11.9. The van der Waals surface area contributed by atoms with E-state index in [9.17, 15) is 13.2 Å². The highest BCUT2D eigenvalue weighted by molar-refractivity contribution is 7.88. The molecule has 1 aliphatic heterocycles. The van der Waals surface area contributed by atoms with Crippen molar-refractivity contribution in [2.75, 3.05) is 40.6 Å². The molecule has 1 heterocycles. The summed E-state index contributed by atoms with van der Waals surface area (Å²) in [6.45, 7) is 1.35. The molecule has 0 unspecified atom stereocenters. The van der Waals surface area contributed by atoms with E-state index in [1.807, 2.05) is 7.05 Å². The van der Waals surface area contributed by atoms with Crippen molar-refractivity contribution < 1.29 is 17.9 Å². The van der Waals surface area contributed by atoms with Gasteiger partial charge >= 0.3 is 5.97 Å². The third-order valence-electron chi connectivity index (χ3n) is 3.48. The molecule has 1 rings (SSSR count). The van der Waals surface area contributed by atoms with E-state index in [4.69, 9.17) is 4.74 Å². The van der Waals surface area contributed by atoms with E-state index in [0.717, 1.165) is 10.6 Å². The first-order chi connectivity index (χ1) is 7.74. The summed E-state index contributed by atoms with van der Waals surface area (Å²) in [4.78, 5) is 14.0. The Morgan fingerprint density at radius 3 is 2.18 bits per heavy atom. The van der Waals surface area contributed by atoms with Crippen LogP contribution in [-0.2, 0) is 19.6 Å². The van der Waals surface area contributed by atoms with E-state index in [2.05, 4.69) is 4.90 Å². The lowest BCUT2D eigenvalue weighted by Crippen LogP contribution is -2.60. The lowest BCUT2D eigenvalue weighted by molar-refractivity contribution is -0.154. The maximum Gasteiger partial charge on any atom is 0.327 e. The number of methoxy groups -OCH3 is 1. The SMILES string of the molecule is COC(=O)C1(N(C)S(C)(=O)=O)CCN(C)CC1. The molecule has 7 heteroatoms. The van der Waals surface area contributed by atoms with Crippen LogP contribution in [0.4, 0.5) is 0 Å². The zero-order chi connectivity index (χ0) is 13.3. The fraction of sp³-hybridized carbons (Fsp3) is 0.900. The number of hydrogen-bond donors (Lipinski definition) is 0. The summed E-state index contributed by atoms with van der Waals surface area (Å²) in [5.41, 5.74) is -1.05. The van der Waals surface area contributed by atoms with Crippen molar-refractivity contribution in [3.05, 3.63) is 0 Å². The number of carbonyl (C=O) groups excluding carboxylic acids is 1. The summed E-state index contributed by atoms with van der Waals surface area (Å²) in [6, 6.07) is 0. The first-order valence-corrected chi connectivity index (χ1v) is 7.30. The summed E-state index contributed by atoms with van der Waals surface area (Å²) in [5.74, 6) is -0.474. The third kappa shape index (κ3) is 2.78. The van der Waals surface area contributed by atoms with Crippen LogP contribution in [0.15, 0.2) is 0 Å². The Labute approximate surface area is 103 Å². The van der Waals surface area contributed by atoms with E-state index < -0.39 is 21.5 Å². The Kier molecular flexibility index (Phi) is 4.16. The number of ether oxygens (including phenoxy) is 1. The Balaban J connectivity index is 3.08. The zero-order valence-corrected chi connectivity index (χ0v) is 11.6. The van der Waals surface area contributed by atoms with Gasteiger partial charge in [0.2, 0.25) is 10.0 Å². The second-order valence-electron chi connectivity index (χ2n) is 4.56. The minimum atomic E-state index is -3.42. The number of sulfonamides is 1. The Morgan fingerprint density at radius 2 is 1.82 bits per heavy atom. The molecule has 17 heavy (non-hydrogen) atoms. The monoisotopic (exact) mass is 264 g/mol. The first-order valence-electron chi connectivity index (χ1n) is 5.45. The summed E-state index contributed by atoms with van der Waals surface area (Å²) in [6.07, 6.45) is 2.02. The molecule has 0 amide bonds. The fourth-order valence-corrected chi connectivity index (χ4v) is 3.04. The van der Waals surface area contributed by atoms with Gasteiger partial charge in [0.05, 0.1) is 13.4 Å². The van der Waals surface area contributed by atoms with Gasteiger partial charge in [0.25, 0.3) is 0 Å². The predicted molar refractivity (Wildman–Crippen MR) is 64.1 cm³/mol. The van der Waals surface area contributed by atoms with Crippen molar-refractivity contribution in [1.82, 2.24) is 9.21 Å². The average molecular weight is 264 g/mol. The molecule has 1 saturated heterocycles.